The molecule has 0 aliphatic carbocycles. The van der Waals surface area contributed by atoms with Crippen molar-refractivity contribution in [2.45, 2.75) is 112 Å². The number of hydrogen-bond acceptors (Lipinski definition) is 4. The van der Waals surface area contributed by atoms with Gasteiger partial charge < -0.3 is 20.5 Å². The maximum absolute atomic E-state index is 14.4. The lowest BCUT2D eigenvalue weighted by Gasteiger charge is -2.28. The van der Waals surface area contributed by atoms with Crippen molar-refractivity contribution in [3.8, 4) is 11.3 Å². The van der Waals surface area contributed by atoms with Crippen LogP contribution in [0, 0.1) is 18.7 Å². The minimum absolute atomic E-state index is 0. The Hall–Kier alpha value is -3.16. The molecule has 2 atom stereocenters. The Morgan fingerprint density at radius 2 is 1.71 bits per heavy atom. The molecule has 234 valence electrons. The summed E-state index contributed by atoms with van der Waals surface area (Å²) in [5.41, 5.74) is 2.67. The largest absolute Gasteiger partial charge is 0.375 e. The van der Waals surface area contributed by atoms with Gasteiger partial charge in [-0.3, -0.25) is 9.59 Å². The molecule has 1 aliphatic heterocycles. The van der Waals surface area contributed by atoms with Crippen LogP contribution >= 0.6 is 0 Å². The minimum atomic E-state index is -0.734. The molecule has 1 aromatic carbocycles. The number of aromatic amines is 1. The second-order valence-electron chi connectivity index (χ2n) is 10.6. The van der Waals surface area contributed by atoms with Crippen LogP contribution in [0.5, 0.6) is 0 Å². The number of imidazole rings is 1. The Morgan fingerprint density at radius 1 is 1.07 bits per heavy atom. The first-order valence-corrected chi connectivity index (χ1v) is 15.5. The lowest BCUT2D eigenvalue weighted by molar-refractivity contribution is -0.129. The molecular formula is C33H58FN5O2. The van der Waals surface area contributed by atoms with Crippen molar-refractivity contribution in [3.05, 3.63) is 53.9 Å². The highest BCUT2D eigenvalue weighted by Gasteiger charge is 2.26. The van der Waals surface area contributed by atoms with Crippen molar-refractivity contribution in [1.82, 2.24) is 25.5 Å². The Bertz CT molecular complexity index is 1080. The van der Waals surface area contributed by atoms with Crippen molar-refractivity contribution in [3.63, 3.8) is 0 Å². The van der Waals surface area contributed by atoms with Gasteiger partial charge in [-0.15, -0.1) is 0 Å². The standard InChI is InChI=1S/C29H42FN5O2.2C2H6.2H2/c1-19(2)10-13-27(36)33-25(17-21(4)35-14-8-6-7-9-15-35)29(37)32-22(5)28-31-18-26(34-28)23-12-11-20(3)16-24(23)30;2*1-2;;/h11-12,16,18-19,22,25H,4,6-10,13-15,17H2,1-3,5H3,(H,31,34)(H,32,37)(H,33,36);2*1-2H3;2*1H/t22-,25-;;;;/m0..../s1. The van der Waals surface area contributed by atoms with E-state index < -0.39 is 12.1 Å². The predicted octanol–water partition coefficient (Wildman–Crippen LogP) is 7.95. The molecule has 0 unspecified atom stereocenters. The van der Waals surface area contributed by atoms with E-state index in [0.29, 0.717) is 35.8 Å². The summed E-state index contributed by atoms with van der Waals surface area (Å²) in [5, 5.41) is 5.91. The van der Waals surface area contributed by atoms with Gasteiger partial charge in [0, 0.05) is 40.0 Å². The zero-order valence-corrected chi connectivity index (χ0v) is 26.7. The molecule has 2 aromatic rings. The monoisotopic (exact) mass is 575 g/mol. The number of halogens is 1. The Kier molecular flexibility index (Phi) is 16.7. The normalized spacial score (nSPS) is 14.4. The van der Waals surface area contributed by atoms with Crippen LogP contribution in [0.15, 0.2) is 36.7 Å². The van der Waals surface area contributed by atoms with E-state index in [-0.39, 0.29) is 20.5 Å². The third kappa shape index (κ3) is 12.1. The molecule has 7 nitrogen and oxygen atoms in total. The highest BCUT2D eigenvalue weighted by atomic mass is 19.1. The summed E-state index contributed by atoms with van der Waals surface area (Å²) >= 11 is 0. The molecule has 2 heterocycles. The van der Waals surface area contributed by atoms with E-state index >= 15 is 0 Å². The first-order valence-electron chi connectivity index (χ1n) is 15.5. The van der Waals surface area contributed by atoms with Gasteiger partial charge in [0.05, 0.1) is 17.9 Å². The summed E-state index contributed by atoms with van der Waals surface area (Å²) in [6.45, 7) is 21.9. The Morgan fingerprint density at radius 3 is 2.29 bits per heavy atom. The van der Waals surface area contributed by atoms with Gasteiger partial charge in [0.1, 0.15) is 17.7 Å². The van der Waals surface area contributed by atoms with Crippen molar-refractivity contribution in [2.75, 3.05) is 13.1 Å². The summed E-state index contributed by atoms with van der Waals surface area (Å²) in [7, 11) is 0. The summed E-state index contributed by atoms with van der Waals surface area (Å²) < 4.78 is 14.4. The van der Waals surface area contributed by atoms with Gasteiger partial charge in [-0.1, -0.05) is 67.0 Å². The smallest absolute Gasteiger partial charge is 0.243 e. The number of nitrogens with zero attached hydrogens (tertiary/aromatic N) is 2. The minimum Gasteiger partial charge on any atom is -0.375 e. The molecule has 1 aliphatic rings. The van der Waals surface area contributed by atoms with E-state index in [1.807, 2.05) is 47.6 Å². The fourth-order valence-electron chi connectivity index (χ4n) is 4.56. The summed E-state index contributed by atoms with van der Waals surface area (Å²) in [5.74, 6) is 0.153. The first-order chi connectivity index (χ1) is 19.6. The number of likely N-dealkylation sites (tertiary alicyclic amines) is 1. The molecule has 0 bridgehead atoms. The van der Waals surface area contributed by atoms with E-state index in [0.717, 1.165) is 43.6 Å². The topological polar surface area (TPSA) is 90.1 Å². The Labute approximate surface area is 250 Å². The van der Waals surface area contributed by atoms with Crippen molar-refractivity contribution in [2.24, 2.45) is 5.92 Å². The fourth-order valence-corrected chi connectivity index (χ4v) is 4.56. The lowest BCUT2D eigenvalue weighted by Crippen LogP contribution is -2.48. The SMILES string of the molecule is C=C(C[C@H](NC(=O)CCC(C)C)C(=O)N[C@@H](C)c1ncc(-c2ccc(C)cc2F)[nH]1)N1CCCCCC1.CC.CC.[HH].[HH]. The number of H-pyrrole nitrogens is 1. The van der Waals surface area contributed by atoms with Crippen LogP contribution < -0.4 is 10.6 Å². The van der Waals surface area contributed by atoms with Crippen LogP contribution in [-0.2, 0) is 9.59 Å². The second kappa shape index (κ2) is 19.1. The van der Waals surface area contributed by atoms with E-state index in [9.17, 15) is 14.0 Å². The highest BCUT2D eigenvalue weighted by Crippen LogP contribution is 2.24. The third-order valence-electron chi connectivity index (χ3n) is 6.87. The van der Waals surface area contributed by atoms with E-state index in [4.69, 9.17) is 0 Å². The van der Waals surface area contributed by atoms with Crippen LogP contribution in [-0.4, -0.2) is 45.8 Å². The van der Waals surface area contributed by atoms with Gasteiger partial charge in [-0.2, -0.15) is 0 Å². The first kappa shape index (κ1) is 35.9. The quantitative estimate of drug-likeness (QED) is 0.254. The number of carbonyl (C=O) groups excluding carboxylic acids is 2. The number of benzene rings is 1. The number of carbonyl (C=O) groups is 2. The fraction of sp³-hybridized carbons (Fsp3) is 0.606. The summed E-state index contributed by atoms with van der Waals surface area (Å²) in [6.07, 6.45) is 7.67. The maximum atomic E-state index is 14.4. The van der Waals surface area contributed by atoms with Crippen molar-refractivity contribution < 1.29 is 16.8 Å². The molecule has 0 spiro atoms. The zero-order chi connectivity index (χ0) is 30.9. The third-order valence-corrected chi connectivity index (χ3v) is 6.87. The summed E-state index contributed by atoms with van der Waals surface area (Å²) in [6, 6.07) is 3.83. The number of rotatable bonds is 11. The van der Waals surface area contributed by atoms with E-state index in [1.54, 1.807) is 12.3 Å². The average molecular weight is 576 g/mol. The van der Waals surface area contributed by atoms with E-state index in [1.165, 1.54) is 18.9 Å². The van der Waals surface area contributed by atoms with Crippen molar-refractivity contribution >= 4 is 11.8 Å². The predicted molar refractivity (Wildman–Crippen MR) is 172 cm³/mol. The van der Waals surface area contributed by atoms with Gasteiger partial charge >= 0.3 is 0 Å². The molecule has 2 amide bonds. The molecule has 1 aromatic heterocycles. The van der Waals surface area contributed by atoms with Gasteiger partial charge in [0.2, 0.25) is 11.8 Å². The molecular weight excluding hydrogens is 517 g/mol. The number of nitrogens with one attached hydrogen (secondary N) is 3. The van der Waals surface area contributed by atoms with Gasteiger partial charge in [0.25, 0.3) is 0 Å². The van der Waals surface area contributed by atoms with Crippen LogP contribution in [0.1, 0.15) is 114 Å². The van der Waals surface area contributed by atoms with Crippen molar-refractivity contribution in [1.29, 1.82) is 0 Å². The second-order valence-corrected chi connectivity index (χ2v) is 10.6. The van der Waals surface area contributed by atoms with Gasteiger partial charge in [0.15, 0.2) is 0 Å². The lowest BCUT2D eigenvalue weighted by atomic mass is 10.1. The number of amides is 2. The average Bonchev–Trinajstić information content (AvgIpc) is 3.28. The highest BCUT2D eigenvalue weighted by molar-refractivity contribution is 5.88. The summed E-state index contributed by atoms with van der Waals surface area (Å²) in [4.78, 5) is 35.8. The number of aryl methyl sites for hydroxylation is 1. The molecule has 0 saturated carbocycles. The molecule has 41 heavy (non-hydrogen) atoms. The molecule has 0 radical (unpaired) electrons. The van der Waals surface area contributed by atoms with Gasteiger partial charge in [-0.05, 0) is 56.7 Å². The van der Waals surface area contributed by atoms with Crippen LogP contribution in [0.3, 0.4) is 0 Å². The molecule has 1 fully saturated rings. The number of aromatic nitrogens is 2. The van der Waals surface area contributed by atoms with Crippen LogP contribution in [0.25, 0.3) is 11.3 Å². The van der Waals surface area contributed by atoms with Crippen LogP contribution in [0.2, 0.25) is 0 Å². The maximum Gasteiger partial charge on any atom is 0.243 e. The molecule has 1 saturated heterocycles. The van der Waals surface area contributed by atoms with E-state index in [2.05, 4.69) is 45.9 Å². The van der Waals surface area contributed by atoms with Crippen LogP contribution in [0.4, 0.5) is 4.39 Å². The van der Waals surface area contributed by atoms with Gasteiger partial charge in [-0.25, -0.2) is 9.37 Å². The number of hydrogen-bond donors (Lipinski definition) is 3. The Balaban J connectivity index is 0. The molecule has 8 heteroatoms. The zero-order valence-electron chi connectivity index (χ0n) is 26.7. The molecule has 3 rings (SSSR count). The molecule has 3 N–H and O–H groups in total.